The van der Waals surface area contributed by atoms with Crippen molar-refractivity contribution in [2.75, 3.05) is 13.6 Å². The van der Waals surface area contributed by atoms with Crippen LogP contribution in [0.15, 0.2) is 6.20 Å². The van der Waals surface area contributed by atoms with Crippen LogP contribution >= 0.6 is 0 Å². The topological polar surface area (TPSA) is 34.0 Å². The summed E-state index contributed by atoms with van der Waals surface area (Å²) < 4.78 is 1.77. The van der Waals surface area contributed by atoms with Gasteiger partial charge in [-0.3, -0.25) is 9.58 Å². The normalized spacial score (nSPS) is 9.85. The van der Waals surface area contributed by atoms with E-state index in [-0.39, 0.29) is 0 Å². The first-order valence-electron chi connectivity index (χ1n) is 4.15. The molecule has 0 spiro atoms. The van der Waals surface area contributed by atoms with E-state index in [1.807, 2.05) is 21.0 Å². The highest BCUT2D eigenvalue weighted by Crippen LogP contribution is 1.97. The molecule has 0 atom stereocenters. The van der Waals surface area contributed by atoms with E-state index < -0.39 is 0 Å². The van der Waals surface area contributed by atoms with Gasteiger partial charge in [-0.15, -0.1) is 11.0 Å². The van der Waals surface area contributed by atoms with E-state index in [2.05, 4.69) is 27.1 Å². The molecule has 0 unspecified atom stereocenters. The van der Waals surface area contributed by atoms with E-state index in [9.17, 15) is 0 Å². The first kappa shape index (κ1) is 9.75. The smallest absolute Gasteiger partial charge is 0.0738 e. The van der Waals surface area contributed by atoms with Crippen LogP contribution in [0.1, 0.15) is 12.6 Å². The molecule has 0 saturated carbocycles. The highest BCUT2D eigenvalue weighted by Gasteiger charge is 2.02. The maximum Gasteiger partial charge on any atom is 0.0738 e. The Labute approximate surface area is 78.5 Å². The van der Waals surface area contributed by atoms with Crippen molar-refractivity contribution < 1.29 is 0 Å². The monoisotopic (exact) mass is 178 g/mol. The van der Waals surface area contributed by atoms with Gasteiger partial charge in [0.1, 0.15) is 0 Å². The van der Waals surface area contributed by atoms with Gasteiger partial charge in [0, 0.05) is 13.6 Å². The summed E-state index contributed by atoms with van der Waals surface area (Å²) in [4.78, 5) is 2.12. The van der Waals surface area contributed by atoms with Crippen LogP contribution in [0.25, 0.3) is 0 Å². The lowest BCUT2D eigenvalue weighted by atomic mass is 10.4. The molecule has 70 valence electrons. The molecule has 0 aromatic carbocycles. The van der Waals surface area contributed by atoms with E-state index >= 15 is 0 Å². The molecule has 0 radical (unpaired) electrons. The Morgan fingerprint density at radius 2 is 2.38 bits per heavy atom. The predicted molar refractivity (Wildman–Crippen MR) is 50.8 cm³/mol. The lowest BCUT2D eigenvalue weighted by Gasteiger charge is -2.11. The minimum Gasteiger partial charge on any atom is -0.289 e. The van der Waals surface area contributed by atoms with Crippen LogP contribution in [-0.2, 0) is 13.6 Å². The zero-order valence-corrected chi connectivity index (χ0v) is 8.28. The molecule has 0 saturated heterocycles. The molecule has 0 fully saturated rings. The van der Waals surface area contributed by atoms with E-state index in [0.29, 0.717) is 0 Å². The van der Waals surface area contributed by atoms with Crippen molar-refractivity contribution in [1.82, 2.24) is 19.9 Å². The van der Waals surface area contributed by atoms with E-state index in [1.54, 1.807) is 10.9 Å². The van der Waals surface area contributed by atoms with Gasteiger partial charge in [-0.05, 0) is 14.0 Å². The fourth-order valence-corrected chi connectivity index (χ4v) is 1.00. The summed E-state index contributed by atoms with van der Waals surface area (Å²) in [6, 6.07) is 0. The Kier molecular flexibility index (Phi) is 3.47. The average Bonchev–Trinajstić information content (AvgIpc) is 2.48. The Morgan fingerprint density at radius 1 is 1.62 bits per heavy atom. The van der Waals surface area contributed by atoms with Gasteiger partial charge in [-0.1, -0.05) is 11.1 Å². The summed E-state index contributed by atoms with van der Waals surface area (Å²) in [7, 11) is 3.92. The Bertz CT molecular complexity index is 318. The second-order valence-electron chi connectivity index (χ2n) is 2.95. The fraction of sp³-hybridized carbons (Fsp3) is 0.556. The summed E-state index contributed by atoms with van der Waals surface area (Å²) in [6.07, 6.45) is 1.77. The van der Waals surface area contributed by atoms with Crippen LogP contribution in [0.4, 0.5) is 0 Å². The van der Waals surface area contributed by atoms with Gasteiger partial charge in [0.25, 0.3) is 0 Å². The maximum atomic E-state index is 3.85. The van der Waals surface area contributed by atoms with Gasteiger partial charge in [-0.25, -0.2) is 0 Å². The number of nitrogens with zero attached hydrogens (tertiary/aromatic N) is 4. The van der Waals surface area contributed by atoms with Crippen LogP contribution < -0.4 is 0 Å². The van der Waals surface area contributed by atoms with Crippen LogP contribution in [0.2, 0.25) is 0 Å². The molecule has 4 heteroatoms. The van der Waals surface area contributed by atoms with Crippen molar-refractivity contribution in [3.05, 3.63) is 11.9 Å². The third-order valence-corrected chi connectivity index (χ3v) is 1.77. The molecule has 4 nitrogen and oxygen atoms in total. The molecule has 0 bridgehead atoms. The van der Waals surface area contributed by atoms with E-state index in [0.717, 1.165) is 18.8 Å². The quantitative estimate of drug-likeness (QED) is 0.623. The lowest BCUT2D eigenvalue weighted by Crippen LogP contribution is -2.19. The van der Waals surface area contributed by atoms with Crippen molar-refractivity contribution in [2.45, 2.75) is 13.5 Å². The van der Waals surface area contributed by atoms with Gasteiger partial charge in [0.15, 0.2) is 0 Å². The highest BCUT2D eigenvalue weighted by atomic mass is 15.4. The molecule has 1 rings (SSSR count). The second-order valence-corrected chi connectivity index (χ2v) is 2.95. The number of hydrogen-bond acceptors (Lipinski definition) is 3. The van der Waals surface area contributed by atoms with Crippen molar-refractivity contribution in [3.8, 4) is 11.8 Å². The van der Waals surface area contributed by atoms with Gasteiger partial charge < -0.3 is 0 Å². The predicted octanol–water partition coefficient (Wildman–Crippen LogP) is 0.270. The largest absolute Gasteiger partial charge is 0.289 e. The van der Waals surface area contributed by atoms with Gasteiger partial charge in [0.05, 0.1) is 18.4 Å². The van der Waals surface area contributed by atoms with Crippen molar-refractivity contribution in [2.24, 2.45) is 7.05 Å². The van der Waals surface area contributed by atoms with Crippen molar-refractivity contribution in [1.29, 1.82) is 0 Å². The summed E-state index contributed by atoms with van der Waals surface area (Å²) >= 11 is 0. The third-order valence-electron chi connectivity index (χ3n) is 1.77. The first-order valence-corrected chi connectivity index (χ1v) is 4.15. The Morgan fingerprint density at radius 3 is 2.92 bits per heavy atom. The van der Waals surface area contributed by atoms with Crippen molar-refractivity contribution >= 4 is 0 Å². The standard InChI is InChI=1S/C9H14N4/c1-4-5-6-12(2)8-9-7-10-11-13(9)3/h7H,6,8H2,1-3H3. The van der Waals surface area contributed by atoms with Crippen molar-refractivity contribution in [3.63, 3.8) is 0 Å². The number of aryl methyl sites for hydroxylation is 1. The maximum absolute atomic E-state index is 3.85. The summed E-state index contributed by atoms with van der Waals surface area (Å²) in [6.45, 7) is 3.46. The molecule has 0 N–H and O–H groups in total. The van der Waals surface area contributed by atoms with Gasteiger partial charge in [0.2, 0.25) is 0 Å². The van der Waals surface area contributed by atoms with Crippen LogP contribution in [-0.4, -0.2) is 33.5 Å². The zero-order valence-electron chi connectivity index (χ0n) is 8.28. The molecule has 0 aliphatic carbocycles. The third kappa shape index (κ3) is 2.88. The molecule has 0 aliphatic heterocycles. The minimum absolute atomic E-state index is 0.779. The SMILES string of the molecule is CC#CCN(C)Cc1cnnn1C. The molecule has 0 amide bonds. The first-order chi connectivity index (χ1) is 6.24. The Hall–Kier alpha value is -1.34. The highest BCUT2D eigenvalue weighted by molar-refractivity contribution is 4.99. The average molecular weight is 178 g/mol. The van der Waals surface area contributed by atoms with Crippen LogP contribution in [0.3, 0.4) is 0 Å². The molecule has 1 aromatic heterocycles. The summed E-state index contributed by atoms with van der Waals surface area (Å²) in [5.74, 6) is 5.87. The number of aromatic nitrogens is 3. The molecule has 1 aromatic rings. The van der Waals surface area contributed by atoms with Crippen LogP contribution in [0, 0.1) is 11.8 Å². The molecular weight excluding hydrogens is 164 g/mol. The Balaban J connectivity index is 2.48. The minimum atomic E-state index is 0.779. The van der Waals surface area contributed by atoms with Gasteiger partial charge >= 0.3 is 0 Å². The lowest BCUT2D eigenvalue weighted by molar-refractivity contribution is 0.356. The zero-order chi connectivity index (χ0) is 9.68. The number of hydrogen-bond donors (Lipinski definition) is 0. The fourth-order valence-electron chi connectivity index (χ4n) is 1.00. The number of rotatable bonds is 3. The molecular formula is C9H14N4. The summed E-state index contributed by atoms with van der Waals surface area (Å²) in [5.41, 5.74) is 1.10. The van der Waals surface area contributed by atoms with Crippen LogP contribution in [0.5, 0.6) is 0 Å². The summed E-state index contributed by atoms with van der Waals surface area (Å²) in [5, 5.41) is 7.66. The molecule has 1 heterocycles. The van der Waals surface area contributed by atoms with E-state index in [4.69, 9.17) is 0 Å². The van der Waals surface area contributed by atoms with E-state index in [1.165, 1.54) is 0 Å². The second kappa shape index (κ2) is 4.63. The molecule has 0 aliphatic rings. The van der Waals surface area contributed by atoms with Gasteiger partial charge in [-0.2, -0.15) is 0 Å². The molecule has 13 heavy (non-hydrogen) atoms.